The quantitative estimate of drug-likeness (QED) is 0.118. The summed E-state index contributed by atoms with van der Waals surface area (Å²) >= 11 is 0. The molecule has 1 heterocycles. The summed E-state index contributed by atoms with van der Waals surface area (Å²) in [6, 6.07) is 19.1. The number of carbonyl (C=O) groups is 6. The summed E-state index contributed by atoms with van der Waals surface area (Å²) in [6.45, 7) is 6.61. The number of methoxy groups -OCH3 is 1. The maximum atomic E-state index is 13.7. The smallest absolute Gasteiger partial charge is 0.408 e. The van der Waals surface area contributed by atoms with Gasteiger partial charge in [0.25, 0.3) is 5.91 Å². The third kappa shape index (κ3) is 11.5. The van der Waals surface area contributed by atoms with E-state index in [0.29, 0.717) is 23.6 Å². The summed E-state index contributed by atoms with van der Waals surface area (Å²) in [6.07, 6.45) is -1.57. The van der Waals surface area contributed by atoms with Crippen LogP contribution in [-0.2, 0) is 52.1 Å². The van der Waals surface area contributed by atoms with Crippen LogP contribution in [0.25, 0.3) is 0 Å². The predicted octanol–water partition coefficient (Wildman–Crippen LogP) is 2.60. The molecule has 4 atom stereocenters. The summed E-state index contributed by atoms with van der Waals surface area (Å²) in [7, 11) is 1.20. The van der Waals surface area contributed by atoms with Crippen LogP contribution in [0.4, 0.5) is 10.5 Å². The molecule has 0 aliphatic carbocycles. The van der Waals surface area contributed by atoms with Crippen molar-refractivity contribution in [1.82, 2.24) is 21.3 Å². The minimum absolute atomic E-state index is 0.0190. The average molecular weight is 746 g/mol. The lowest BCUT2D eigenvalue weighted by molar-refractivity contribution is -0.140. The van der Waals surface area contributed by atoms with E-state index >= 15 is 0 Å². The Kier molecular flexibility index (Phi) is 13.7. The first-order valence-electron chi connectivity index (χ1n) is 17.4. The van der Waals surface area contributed by atoms with Gasteiger partial charge >= 0.3 is 12.1 Å². The first-order valence-corrected chi connectivity index (χ1v) is 17.4. The van der Waals surface area contributed by atoms with Crippen molar-refractivity contribution in [2.45, 2.75) is 82.9 Å². The van der Waals surface area contributed by atoms with Gasteiger partial charge in [-0.1, -0.05) is 60.7 Å². The number of amides is 5. The molecule has 0 saturated carbocycles. The van der Waals surface area contributed by atoms with E-state index in [1.54, 1.807) is 63.2 Å². The number of carbonyl (C=O) groups excluding carboxylic acids is 6. The number of esters is 1. The third-order valence-electron chi connectivity index (χ3n) is 8.36. The molecule has 3 aromatic rings. The number of hydrogen-bond donors (Lipinski definition) is 6. The van der Waals surface area contributed by atoms with Crippen molar-refractivity contribution in [2.24, 2.45) is 0 Å². The molecule has 15 heteroatoms. The Balaban J connectivity index is 1.47. The number of benzene rings is 3. The number of ether oxygens (including phenoxy) is 3. The zero-order valence-corrected chi connectivity index (χ0v) is 30.9. The molecule has 0 bridgehead atoms. The first kappa shape index (κ1) is 40.8. The second kappa shape index (κ2) is 18.2. The van der Waals surface area contributed by atoms with Gasteiger partial charge in [0.1, 0.15) is 36.1 Å². The molecular weight excluding hydrogens is 698 g/mol. The van der Waals surface area contributed by atoms with Gasteiger partial charge in [0.2, 0.25) is 17.7 Å². The molecule has 0 unspecified atom stereocenters. The van der Waals surface area contributed by atoms with Crippen LogP contribution in [0.3, 0.4) is 0 Å². The molecule has 1 aliphatic rings. The predicted molar refractivity (Wildman–Crippen MR) is 197 cm³/mol. The van der Waals surface area contributed by atoms with Gasteiger partial charge in [-0.15, -0.1) is 0 Å². The number of hydrogen-bond acceptors (Lipinski definition) is 10. The highest BCUT2D eigenvalue weighted by Crippen LogP contribution is 2.39. The van der Waals surface area contributed by atoms with E-state index in [0.717, 1.165) is 5.56 Å². The van der Waals surface area contributed by atoms with Crippen molar-refractivity contribution in [2.75, 3.05) is 19.0 Å². The second-order valence-electron chi connectivity index (χ2n) is 13.8. The van der Waals surface area contributed by atoms with Gasteiger partial charge in [-0.25, -0.2) is 4.79 Å². The van der Waals surface area contributed by atoms with Crippen LogP contribution in [0.1, 0.15) is 57.2 Å². The Morgan fingerprint density at radius 3 is 2.15 bits per heavy atom. The molecule has 4 rings (SSSR count). The van der Waals surface area contributed by atoms with Crippen molar-refractivity contribution in [3.8, 4) is 5.75 Å². The Morgan fingerprint density at radius 2 is 1.48 bits per heavy atom. The van der Waals surface area contributed by atoms with E-state index in [1.165, 1.54) is 20.1 Å². The summed E-state index contributed by atoms with van der Waals surface area (Å²) in [5.41, 5.74) is -0.824. The molecular formula is C39H47N5O10. The Morgan fingerprint density at radius 1 is 0.815 bits per heavy atom. The van der Waals surface area contributed by atoms with Crippen molar-refractivity contribution in [3.05, 3.63) is 95.6 Å². The van der Waals surface area contributed by atoms with E-state index in [2.05, 4.69) is 31.3 Å². The molecule has 3 aromatic carbocycles. The van der Waals surface area contributed by atoms with E-state index in [9.17, 15) is 33.9 Å². The summed E-state index contributed by atoms with van der Waals surface area (Å²) in [4.78, 5) is 77.9. The zero-order chi connectivity index (χ0) is 39.5. The molecule has 0 fully saturated rings. The highest BCUT2D eigenvalue weighted by atomic mass is 16.6. The number of nitrogens with one attached hydrogen (secondary N) is 5. The molecule has 0 aromatic heterocycles. The molecule has 5 amide bonds. The third-order valence-corrected chi connectivity index (χ3v) is 8.36. The zero-order valence-electron chi connectivity index (χ0n) is 30.9. The Bertz CT molecular complexity index is 1810. The minimum atomic E-state index is -2.19. The van der Waals surface area contributed by atoms with E-state index < -0.39 is 71.4 Å². The maximum absolute atomic E-state index is 13.7. The van der Waals surface area contributed by atoms with Crippen LogP contribution in [0.15, 0.2) is 78.9 Å². The van der Waals surface area contributed by atoms with Gasteiger partial charge in [-0.05, 0) is 57.0 Å². The summed E-state index contributed by atoms with van der Waals surface area (Å²) < 4.78 is 15.8. The SMILES string of the molecule is COC(=O)CCNC(=O)[C@H](C[C@]1(O)C(=O)Nc2ccccc21)NC(=O)[C@H](C)NC(=O)[C@H](Cc1ccc(OCc2ccccc2)cc1)NC(=O)OC(C)(C)C. The van der Waals surface area contributed by atoms with E-state index in [1.807, 2.05) is 30.3 Å². The lowest BCUT2D eigenvalue weighted by Gasteiger charge is -2.28. The standard InChI is InChI=1S/C39H47N5O10/c1-24(33(46)42-31(34(47)40-20-19-32(45)52-5)22-39(51)28-13-9-10-14-29(28)43-36(39)49)41-35(48)30(44-37(50)54-38(2,3)4)21-25-15-17-27(18-16-25)53-23-26-11-7-6-8-12-26/h6-18,24,30-31,51H,19-23H2,1-5H3,(H,40,47)(H,41,48)(H,42,46)(H,43,49)(H,44,50)/t24-,30-,31-,39+/m0/s1. The van der Waals surface area contributed by atoms with Crippen molar-refractivity contribution >= 4 is 41.4 Å². The number of alkyl carbamates (subject to hydrolysis) is 1. The fourth-order valence-electron chi connectivity index (χ4n) is 5.55. The molecule has 54 heavy (non-hydrogen) atoms. The van der Waals surface area contributed by atoms with Gasteiger partial charge < -0.3 is 45.9 Å². The molecule has 15 nitrogen and oxygen atoms in total. The van der Waals surface area contributed by atoms with Crippen LogP contribution < -0.4 is 31.3 Å². The van der Waals surface area contributed by atoms with Crippen molar-refractivity contribution < 1.29 is 48.1 Å². The highest BCUT2D eigenvalue weighted by Gasteiger charge is 2.48. The highest BCUT2D eigenvalue weighted by molar-refractivity contribution is 6.05. The molecule has 1 aliphatic heterocycles. The second-order valence-corrected chi connectivity index (χ2v) is 13.8. The number of rotatable bonds is 16. The van der Waals surface area contributed by atoms with E-state index in [-0.39, 0.29) is 24.9 Å². The molecule has 288 valence electrons. The van der Waals surface area contributed by atoms with Gasteiger partial charge in [-0.2, -0.15) is 0 Å². The minimum Gasteiger partial charge on any atom is -0.489 e. The van der Waals surface area contributed by atoms with Crippen LogP contribution >= 0.6 is 0 Å². The lowest BCUT2D eigenvalue weighted by atomic mass is 9.88. The van der Waals surface area contributed by atoms with Gasteiger partial charge in [0.15, 0.2) is 5.60 Å². The van der Waals surface area contributed by atoms with Crippen LogP contribution in [0.5, 0.6) is 5.75 Å². The lowest BCUT2D eigenvalue weighted by Crippen LogP contribution is -2.57. The molecule has 0 saturated heterocycles. The maximum Gasteiger partial charge on any atom is 0.408 e. The van der Waals surface area contributed by atoms with E-state index in [4.69, 9.17) is 9.47 Å². The van der Waals surface area contributed by atoms with Crippen LogP contribution in [-0.4, -0.2) is 78.2 Å². The largest absolute Gasteiger partial charge is 0.489 e. The molecule has 6 N–H and O–H groups in total. The molecule has 0 spiro atoms. The number of fused-ring (bicyclic) bond motifs is 1. The fraction of sp³-hybridized carbons (Fsp3) is 0.385. The van der Waals surface area contributed by atoms with Crippen LogP contribution in [0, 0.1) is 0 Å². The number of para-hydroxylation sites is 1. The number of anilines is 1. The Hall–Kier alpha value is -5.96. The monoisotopic (exact) mass is 745 g/mol. The molecule has 0 radical (unpaired) electrons. The summed E-state index contributed by atoms with van der Waals surface area (Å²) in [5, 5.41) is 24.3. The topological polar surface area (TPSA) is 210 Å². The Labute approximate surface area is 313 Å². The van der Waals surface area contributed by atoms with Crippen molar-refractivity contribution in [3.63, 3.8) is 0 Å². The van der Waals surface area contributed by atoms with Crippen LogP contribution in [0.2, 0.25) is 0 Å². The first-order chi connectivity index (χ1) is 25.6. The fourth-order valence-corrected chi connectivity index (χ4v) is 5.55. The summed E-state index contributed by atoms with van der Waals surface area (Å²) in [5.74, 6) is -3.13. The van der Waals surface area contributed by atoms with Crippen molar-refractivity contribution in [1.29, 1.82) is 0 Å². The van der Waals surface area contributed by atoms with Gasteiger partial charge in [0.05, 0.1) is 13.5 Å². The average Bonchev–Trinajstić information content (AvgIpc) is 3.38. The van der Waals surface area contributed by atoms with Gasteiger partial charge in [-0.3, -0.25) is 24.0 Å². The number of aliphatic hydroxyl groups is 1. The van der Waals surface area contributed by atoms with Gasteiger partial charge in [0, 0.05) is 30.6 Å². The normalized spacial score (nSPS) is 16.4.